The minimum atomic E-state index is -0.393. The first-order valence-corrected chi connectivity index (χ1v) is 13.8. The Labute approximate surface area is 242 Å². The molecule has 0 radical (unpaired) electrons. The zero-order chi connectivity index (χ0) is 25.3. The minimum absolute atomic E-state index is 0.0609. The third-order valence-electron chi connectivity index (χ3n) is 4.92. The van der Waals surface area contributed by atoms with Crippen LogP contribution in [0.5, 0.6) is 5.75 Å². The molecule has 0 N–H and O–H groups in total. The molecule has 0 atom stereocenters. The number of nitrogens with zero attached hydrogens (tertiary/aromatic N) is 1. The summed E-state index contributed by atoms with van der Waals surface area (Å²) in [6.45, 7) is 0.296. The van der Waals surface area contributed by atoms with Crippen molar-refractivity contribution in [3.8, 4) is 5.75 Å². The van der Waals surface area contributed by atoms with Gasteiger partial charge in [0.05, 0.1) is 20.4 Å². The molecule has 4 nitrogen and oxygen atoms in total. The highest BCUT2D eigenvalue weighted by molar-refractivity contribution is 9.11. The summed E-state index contributed by atoms with van der Waals surface area (Å²) < 4.78 is 7.27. The second-order valence-electron chi connectivity index (χ2n) is 7.34. The molecule has 0 aromatic heterocycles. The highest BCUT2D eigenvalue weighted by atomic mass is 79.9. The summed E-state index contributed by atoms with van der Waals surface area (Å²) in [4.78, 5) is 26.9. The number of halogens is 6. The van der Waals surface area contributed by atoms with Crippen LogP contribution in [0.2, 0.25) is 20.1 Å². The van der Waals surface area contributed by atoms with Gasteiger partial charge < -0.3 is 4.74 Å². The first-order valence-electron chi connectivity index (χ1n) is 9.87. The summed E-state index contributed by atoms with van der Waals surface area (Å²) >= 11 is 32.2. The molecule has 0 aliphatic carbocycles. The number of carbonyl (C=O) groups is 2. The van der Waals surface area contributed by atoms with Gasteiger partial charge in [-0.1, -0.05) is 58.5 Å². The van der Waals surface area contributed by atoms with Crippen molar-refractivity contribution in [2.24, 2.45) is 0 Å². The first-order chi connectivity index (χ1) is 16.6. The van der Waals surface area contributed by atoms with E-state index in [1.165, 1.54) is 0 Å². The van der Waals surface area contributed by atoms with Gasteiger partial charge in [0.15, 0.2) is 0 Å². The Morgan fingerprint density at radius 1 is 0.857 bits per heavy atom. The molecule has 1 aliphatic rings. The molecule has 3 aromatic carbocycles. The molecule has 2 amide bonds. The molecule has 1 saturated heterocycles. The lowest BCUT2D eigenvalue weighted by Gasteiger charge is -2.14. The van der Waals surface area contributed by atoms with Crippen molar-refractivity contribution in [3.63, 3.8) is 0 Å². The van der Waals surface area contributed by atoms with Crippen molar-refractivity contribution in [1.29, 1.82) is 0 Å². The lowest BCUT2D eigenvalue weighted by Crippen LogP contribution is -2.27. The maximum atomic E-state index is 12.9. The number of thioether (sulfide) groups is 1. The summed E-state index contributed by atoms with van der Waals surface area (Å²) in [5.41, 5.74) is 2.12. The van der Waals surface area contributed by atoms with Gasteiger partial charge in [0.25, 0.3) is 11.1 Å². The van der Waals surface area contributed by atoms with Crippen LogP contribution in [-0.4, -0.2) is 16.0 Å². The van der Waals surface area contributed by atoms with E-state index in [0.717, 1.165) is 22.2 Å². The maximum Gasteiger partial charge on any atom is 0.293 e. The molecule has 11 heteroatoms. The quantitative estimate of drug-likeness (QED) is 0.241. The van der Waals surface area contributed by atoms with E-state index in [1.54, 1.807) is 54.6 Å². The van der Waals surface area contributed by atoms with Gasteiger partial charge in [0, 0.05) is 25.7 Å². The summed E-state index contributed by atoms with van der Waals surface area (Å²) in [6.07, 6.45) is 1.66. The molecule has 1 heterocycles. The van der Waals surface area contributed by atoms with Crippen molar-refractivity contribution in [3.05, 3.63) is 99.2 Å². The number of hydrogen-bond donors (Lipinski definition) is 0. The summed E-state index contributed by atoms with van der Waals surface area (Å²) in [5, 5.41) is 1.56. The number of carbonyl (C=O) groups excluding carboxylic acids is 2. The van der Waals surface area contributed by atoms with Gasteiger partial charge >= 0.3 is 0 Å². The van der Waals surface area contributed by atoms with Gasteiger partial charge in [-0.05, 0) is 97.2 Å². The van der Waals surface area contributed by atoms with E-state index in [1.807, 2.05) is 0 Å². The van der Waals surface area contributed by atoms with Crippen LogP contribution in [0.15, 0.2) is 62.4 Å². The number of benzene rings is 3. The lowest BCUT2D eigenvalue weighted by molar-refractivity contribution is -0.123. The SMILES string of the molecule is O=C1S/C(=C\c2cc(Br)c(OCc3ccc(Cl)cc3Cl)c(Br)c2)C(=O)N1Cc1ccc(Cl)cc1Cl. The third-order valence-corrected chi connectivity index (χ3v) is 8.18. The van der Waals surface area contributed by atoms with Gasteiger partial charge in [-0.15, -0.1) is 0 Å². The van der Waals surface area contributed by atoms with Crippen molar-refractivity contribution in [2.75, 3.05) is 0 Å². The van der Waals surface area contributed by atoms with Gasteiger partial charge in [-0.25, -0.2) is 0 Å². The topological polar surface area (TPSA) is 46.6 Å². The number of imide groups is 1. The molecule has 0 unspecified atom stereocenters. The molecule has 0 saturated carbocycles. The largest absolute Gasteiger partial charge is 0.486 e. The van der Waals surface area contributed by atoms with Crippen LogP contribution < -0.4 is 4.74 Å². The molecule has 1 fully saturated rings. The molecule has 1 aliphatic heterocycles. The zero-order valence-corrected chi connectivity index (χ0v) is 24.5. The van der Waals surface area contributed by atoms with E-state index in [2.05, 4.69) is 31.9 Å². The van der Waals surface area contributed by atoms with Crippen LogP contribution >= 0.6 is 90.0 Å². The fraction of sp³-hybridized carbons (Fsp3) is 0.0833. The number of amides is 2. The number of ether oxygens (including phenoxy) is 1. The van der Waals surface area contributed by atoms with Crippen LogP contribution in [0.3, 0.4) is 0 Å². The number of rotatable bonds is 6. The first kappa shape index (κ1) is 26.9. The van der Waals surface area contributed by atoms with E-state index in [-0.39, 0.29) is 18.4 Å². The van der Waals surface area contributed by atoms with Crippen molar-refractivity contribution in [2.45, 2.75) is 13.2 Å². The summed E-state index contributed by atoms with van der Waals surface area (Å²) in [7, 11) is 0. The van der Waals surface area contributed by atoms with E-state index in [4.69, 9.17) is 51.1 Å². The molecular formula is C24H13Br2Cl4NO3S. The second-order valence-corrected chi connectivity index (χ2v) is 11.7. The standard InChI is InChI=1S/C24H13Br2Cl4NO3S/c25-17-5-12(6-18(26)22(17)34-11-14-2-4-16(28)9-20(14)30)7-21-23(32)31(24(33)35-21)10-13-1-3-15(27)8-19(13)29/h1-9H,10-11H2/b21-7-. The molecule has 180 valence electrons. The van der Waals surface area contributed by atoms with Crippen molar-refractivity contribution < 1.29 is 14.3 Å². The smallest absolute Gasteiger partial charge is 0.293 e. The molecule has 4 rings (SSSR count). The number of hydrogen-bond acceptors (Lipinski definition) is 4. The van der Waals surface area contributed by atoms with E-state index >= 15 is 0 Å². The van der Waals surface area contributed by atoms with Gasteiger partial charge in [0.2, 0.25) is 0 Å². The Morgan fingerprint density at radius 3 is 2.00 bits per heavy atom. The minimum Gasteiger partial charge on any atom is -0.486 e. The van der Waals surface area contributed by atoms with E-state index in [0.29, 0.717) is 50.8 Å². The predicted molar refractivity (Wildman–Crippen MR) is 151 cm³/mol. The van der Waals surface area contributed by atoms with E-state index in [9.17, 15) is 9.59 Å². The Bertz CT molecular complexity index is 1360. The highest BCUT2D eigenvalue weighted by Gasteiger charge is 2.35. The fourth-order valence-corrected chi connectivity index (χ4v) is 6.42. The van der Waals surface area contributed by atoms with Crippen LogP contribution in [0.1, 0.15) is 16.7 Å². The molecule has 0 spiro atoms. The molecular weight excluding hydrogens is 684 g/mol. The van der Waals surface area contributed by atoms with Crippen LogP contribution in [0, 0.1) is 0 Å². The highest BCUT2D eigenvalue weighted by Crippen LogP contribution is 2.39. The fourth-order valence-electron chi connectivity index (χ4n) is 3.20. The van der Waals surface area contributed by atoms with Crippen LogP contribution in [0.25, 0.3) is 6.08 Å². The normalized spacial score (nSPS) is 14.8. The average molecular weight is 697 g/mol. The third kappa shape index (κ3) is 6.39. The Kier molecular flexibility index (Phi) is 8.80. The van der Waals surface area contributed by atoms with Gasteiger partial charge in [-0.3, -0.25) is 14.5 Å². The van der Waals surface area contributed by atoms with Crippen LogP contribution in [0.4, 0.5) is 4.79 Å². The Morgan fingerprint density at radius 2 is 1.43 bits per heavy atom. The zero-order valence-electron chi connectivity index (χ0n) is 17.5. The average Bonchev–Trinajstić information content (AvgIpc) is 3.03. The molecule has 35 heavy (non-hydrogen) atoms. The molecule has 0 bridgehead atoms. The Balaban J connectivity index is 1.51. The predicted octanol–water partition coefficient (Wildman–Crippen LogP) is 9.64. The van der Waals surface area contributed by atoms with Crippen LogP contribution in [-0.2, 0) is 17.9 Å². The van der Waals surface area contributed by atoms with E-state index < -0.39 is 5.91 Å². The monoisotopic (exact) mass is 693 g/mol. The van der Waals surface area contributed by atoms with Crippen molar-refractivity contribution >= 4 is 107 Å². The summed E-state index contributed by atoms with van der Waals surface area (Å²) in [5.74, 6) is 0.176. The molecule has 3 aromatic rings. The summed E-state index contributed by atoms with van der Waals surface area (Å²) in [6, 6.07) is 13.7. The maximum absolute atomic E-state index is 12.9. The van der Waals surface area contributed by atoms with Crippen molar-refractivity contribution in [1.82, 2.24) is 4.90 Å². The van der Waals surface area contributed by atoms with Gasteiger partial charge in [-0.2, -0.15) is 0 Å². The lowest BCUT2D eigenvalue weighted by atomic mass is 10.2. The van der Waals surface area contributed by atoms with Gasteiger partial charge in [0.1, 0.15) is 12.4 Å². The Hall–Kier alpha value is -1.19. The second kappa shape index (κ2) is 11.5.